The fourth-order valence-electron chi connectivity index (χ4n) is 3.74. The molecule has 0 unspecified atom stereocenters. The van der Waals surface area contributed by atoms with E-state index in [9.17, 15) is 4.79 Å². The number of aromatic nitrogens is 2. The SMILES string of the molecule is COc1ccccc1-c1cccc(C(=O)N2CCC[C@H](c3noc(C)n3)C2)c1. The zero-order valence-corrected chi connectivity index (χ0v) is 16.1. The molecule has 1 fully saturated rings. The summed E-state index contributed by atoms with van der Waals surface area (Å²) < 4.78 is 10.6. The minimum absolute atomic E-state index is 0.0293. The smallest absolute Gasteiger partial charge is 0.253 e. The molecule has 4 rings (SSSR count). The van der Waals surface area contributed by atoms with Crippen LogP contribution in [0.4, 0.5) is 0 Å². The van der Waals surface area contributed by atoms with Gasteiger partial charge in [0.1, 0.15) is 5.75 Å². The number of piperidine rings is 1. The van der Waals surface area contributed by atoms with Crippen molar-refractivity contribution in [1.29, 1.82) is 0 Å². The van der Waals surface area contributed by atoms with Crippen molar-refractivity contribution in [2.24, 2.45) is 0 Å². The Hall–Kier alpha value is -3.15. The molecule has 6 nitrogen and oxygen atoms in total. The van der Waals surface area contributed by atoms with Crippen LogP contribution >= 0.6 is 0 Å². The topological polar surface area (TPSA) is 68.5 Å². The molecule has 0 saturated carbocycles. The highest BCUT2D eigenvalue weighted by atomic mass is 16.5. The first kappa shape index (κ1) is 18.2. The second kappa shape index (κ2) is 7.84. The van der Waals surface area contributed by atoms with Crippen molar-refractivity contribution in [3.05, 3.63) is 65.8 Å². The van der Waals surface area contributed by atoms with E-state index in [1.54, 1.807) is 14.0 Å². The minimum Gasteiger partial charge on any atom is -0.496 e. The van der Waals surface area contributed by atoms with Gasteiger partial charge in [0, 0.05) is 37.1 Å². The summed E-state index contributed by atoms with van der Waals surface area (Å²) in [6.45, 7) is 3.13. The van der Waals surface area contributed by atoms with E-state index in [4.69, 9.17) is 9.26 Å². The number of ether oxygens (including phenoxy) is 1. The highest BCUT2D eigenvalue weighted by Gasteiger charge is 2.28. The second-order valence-corrected chi connectivity index (χ2v) is 7.04. The Kier molecular flexibility index (Phi) is 5.10. The van der Waals surface area contributed by atoms with Crippen LogP contribution in [-0.2, 0) is 0 Å². The maximum atomic E-state index is 13.2. The largest absolute Gasteiger partial charge is 0.496 e. The third-order valence-electron chi connectivity index (χ3n) is 5.14. The van der Waals surface area contributed by atoms with E-state index in [1.807, 2.05) is 53.4 Å². The van der Waals surface area contributed by atoms with Crippen LogP contribution in [0.25, 0.3) is 11.1 Å². The van der Waals surface area contributed by atoms with Crippen LogP contribution in [0, 0.1) is 6.92 Å². The Morgan fingerprint density at radius 3 is 2.86 bits per heavy atom. The van der Waals surface area contributed by atoms with Crippen molar-refractivity contribution in [3.63, 3.8) is 0 Å². The summed E-state index contributed by atoms with van der Waals surface area (Å²) in [6, 6.07) is 15.5. The zero-order chi connectivity index (χ0) is 19.5. The van der Waals surface area contributed by atoms with Crippen molar-refractivity contribution >= 4 is 5.91 Å². The molecule has 2 heterocycles. The number of likely N-dealkylation sites (tertiary alicyclic amines) is 1. The van der Waals surface area contributed by atoms with E-state index in [-0.39, 0.29) is 11.8 Å². The predicted octanol–water partition coefficient (Wildman–Crippen LogP) is 4.07. The van der Waals surface area contributed by atoms with E-state index in [1.165, 1.54) is 0 Å². The highest BCUT2D eigenvalue weighted by Crippen LogP contribution is 2.31. The number of rotatable bonds is 4. The lowest BCUT2D eigenvalue weighted by Gasteiger charge is -2.31. The first-order chi connectivity index (χ1) is 13.7. The summed E-state index contributed by atoms with van der Waals surface area (Å²) in [6.07, 6.45) is 1.89. The van der Waals surface area contributed by atoms with Gasteiger partial charge in [0.25, 0.3) is 5.91 Å². The first-order valence-electron chi connectivity index (χ1n) is 9.48. The van der Waals surface area contributed by atoms with Gasteiger partial charge in [-0.05, 0) is 36.6 Å². The van der Waals surface area contributed by atoms with Gasteiger partial charge < -0.3 is 14.2 Å². The van der Waals surface area contributed by atoms with E-state index in [2.05, 4.69) is 10.1 Å². The Morgan fingerprint density at radius 2 is 2.07 bits per heavy atom. The Morgan fingerprint density at radius 1 is 1.21 bits per heavy atom. The molecule has 1 aliphatic rings. The van der Waals surface area contributed by atoms with Crippen LogP contribution in [0.1, 0.15) is 40.8 Å². The van der Waals surface area contributed by atoms with Gasteiger partial charge >= 0.3 is 0 Å². The molecule has 1 atom stereocenters. The van der Waals surface area contributed by atoms with Gasteiger partial charge in [-0.15, -0.1) is 0 Å². The molecule has 6 heteroatoms. The van der Waals surface area contributed by atoms with Gasteiger partial charge in [0.05, 0.1) is 7.11 Å². The third-order valence-corrected chi connectivity index (χ3v) is 5.14. The molecule has 0 radical (unpaired) electrons. The molecule has 1 aliphatic heterocycles. The maximum Gasteiger partial charge on any atom is 0.253 e. The molecular weight excluding hydrogens is 354 g/mol. The molecule has 1 saturated heterocycles. The highest BCUT2D eigenvalue weighted by molar-refractivity contribution is 5.95. The number of amides is 1. The fourth-order valence-corrected chi connectivity index (χ4v) is 3.74. The summed E-state index contributed by atoms with van der Waals surface area (Å²) >= 11 is 0. The average Bonchev–Trinajstić information content (AvgIpc) is 3.19. The molecule has 0 N–H and O–H groups in total. The van der Waals surface area contributed by atoms with Gasteiger partial charge in [-0.25, -0.2) is 0 Å². The van der Waals surface area contributed by atoms with Crippen molar-refractivity contribution in [2.75, 3.05) is 20.2 Å². The Balaban J connectivity index is 1.56. The Labute approximate surface area is 164 Å². The van der Waals surface area contributed by atoms with Crippen molar-refractivity contribution in [2.45, 2.75) is 25.7 Å². The molecule has 28 heavy (non-hydrogen) atoms. The van der Waals surface area contributed by atoms with E-state index in [0.29, 0.717) is 23.8 Å². The lowest BCUT2D eigenvalue weighted by atomic mass is 9.96. The number of hydrogen-bond acceptors (Lipinski definition) is 5. The van der Waals surface area contributed by atoms with E-state index in [0.717, 1.165) is 36.3 Å². The van der Waals surface area contributed by atoms with Crippen LogP contribution < -0.4 is 4.74 Å². The minimum atomic E-state index is 0.0293. The molecule has 2 aromatic carbocycles. The quantitative estimate of drug-likeness (QED) is 0.685. The predicted molar refractivity (Wildman–Crippen MR) is 105 cm³/mol. The molecule has 0 aliphatic carbocycles. The number of carbonyl (C=O) groups excluding carboxylic acids is 1. The summed E-state index contributed by atoms with van der Waals surface area (Å²) in [5.41, 5.74) is 2.61. The summed E-state index contributed by atoms with van der Waals surface area (Å²) in [5.74, 6) is 2.19. The third kappa shape index (κ3) is 3.63. The van der Waals surface area contributed by atoms with Crippen LogP contribution in [0.15, 0.2) is 53.1 Å². The second-order valence-electron chi connectivity index (χ2n) is 7.04. The molecule has 1 amide bonds. The normalized spacial score (nSPS) is 16.8. The average molecular weight is 377 g/mol. The molecule has 1 aromatic heterocycles. The van der Waals surface area contributed by atoms with Gasteiger partial charge in [-0.2, -0.15) is 4.98 Å². The zero-order valence-electron chi connectivity index (χ0n) is 16.1. The molecular formula is C22H23N3O3. The summed E-state index contributed by atoms with van der Waals surface area (Å²) in [4.78, 5) is 19.4. The van der Waals surface area contributed by atoms with Crippen LogP contribution in [0.2, 0.25) is 0 Å². The van der Waals surface area contributed by atoms with E-state index < -0.39 is 0 Å². The van der Waals surface area contributed by atoms with Crippen LogP contribution in [0.5, 0.6) is 5.75 Å². The standard InChI is InChI=1S/C22H23N3O3/c1-15-23-21(24-28-15)18-9-6-12-25(14-18)22(26)17-8-5-7-16(13-17)19-10-3-4-11-20(19)27-2/h3-5,7-8,10-11,13,18H,6,9,12,14H2,1-2H3/t18-/m0/s1. The fraction of sp³-hybridized carbons (Fsp3) is 0.318. The summed E-state index contributed by atoms with van der Waals surface area (Å²) in [5, 5.41) is 4.04. The molecule has 0 bridgehead atoms. The lowest BCUT2D eigenvalue weighted by molar-refractivity contribution is 0.0703. The maximum absolute atomic E-state index is 13.2. The lowest BCUT2D eigenvalue weighted by Crippen LogP contribution is -2.39. The molecule has 144 valence electrons. The number of carbonyl (C=O) groups is 1. The van der Waals surface area contributed by atoms with Crippen molar-refractivity contribution in [3.8, 4) is 16.9 Å². The van der Waals surface area contributed by atoms with Crippen molar-refractivity contribution in [1.82, 2.24) is 15.0 Å². The van der Waals surface area contributed by atoms with Crippen molar-refractivity contribution < 1.29 is 14.1 Å². The molecule has 3 aromatic rings. The van der Waals surface area contributed by atoms with E-state index >= 15 is 0 Å². The summed E-state index contributed by atoms with van der Waals surface area (Å²) in [7, 11) is 1.65. The number of methoxy groups -OCH3 is 1. The number of para-hydroxylation sites is 1. The molecule has 0 spiro atoms. The number of hydrogen-bond donors (Lipinski definition) is 0. The van der Waals surface area contributed by atoms with Gasteiger partial charge in [-0.3, -0.25) is 4.79 Å². The number of benzene rings is 2. The van der Waals surface area contributed by atoms with Crippen LogP contribution in [0.3, 0.4) is 0 Å². The number of nitrogens with zero attached hydrogens (tertiary/aromatic N) is 3. The Bertz CT molecular complexity index is 982. The van der Waals surface area contributed by atoms with Crippen LogP contribution in [-0.4, -0.2) is 41.1 Å². The monoisotopic (exact) mass is 377 g/mol. The van der Waals surface area contributed by atoms with Gasteiger partial charge in [0.2, 0.25) is 5.89 Å². The number of aryl methyl sites for hydroxylation is 1. The van der Waals surface area contributed by atoms with Gasteiger partial charge in [-0.1, -0.05) is 35.5 Å². The van der Waals surface area contributed by atoms with Gasteiger partial charge in [0.15, 0.2) is 5.82 Å². The first-order valence-corrected chi connectivity index (χ1v) is 9.48.